The lowest BCUT2D eigenvalue weighted by Gasteiger charge is -2.13. The maximum Gasteiger partial charge on any atom is 0.264 e. The van der Waals surface area contributed by atoms with Crippen LogP contribution < -0.4 is 37.8 Å². The Balaban J connectivity index is 0.000000148. The number of nitrogens with one attached hydrogen (secondary N) is 4. The van der Waals surface area contributed by atoms with Crippen molar-refractivity contribution in [1.29, 1.82) is 0 Å². The third-order valence-electron chi connectivity index (χ3n) is 17.7. The molecule has 1 atom stereocenters. The van der Waals surface area contributed by atoms with Crippen molar-refractivity contribution in [3.05, 3.63) is 264 Å². The van der Waals surface area contributed by atoms with Crippen molar-refractivity contribution in [2.45, 2.75) is 39.5 Å². The number of sulfonamides is 4. The Kier molecular flexibility index (Phi) is 27.2. The second-order valence-corrected chi connectivity index (χ2v) is 32.9. The summed E-state index contributed by atoms with van der Waals surface area (Å²) in [6, 6.07) is 20.9. The number of aliphatic hydroxyl groups excluding tert-OH is 2. The Morgan fingerprint density at radius 3 is 0.892 bits per heavy atom. The number of anilines is 4. The Hall–Kier alpha value is -16.2. The summed E-state index contributed by atoms with van der Waals surface area (Å²) in [6.45, 7) is 2.90. The monoisotopic (exact) mass is 1850 g/mol. The van der Waals surface area contributed by atoms with Crippen LogP contribution in [0, 0.1) is 94.4 Å². The highest BCUT2D eigenvalue weighted by molar-refractivity contribution is 7.93. The molecule has 0 fully saturated rings. The number of aliphatic hydroxyl groups is 2. The van der Waals surface area contributed by atoms with Gasteiger partial charge < -0.3 is 29.2 Å². The summed E-state index contributed by atoms with van der Waals surface area (Å²) in [5.41, 5.74) is 7.07. The number of hydrogen-bond donors (Lipinski definition) is 6. The van der Waals surface area contributed by atoms with Gasteiger partial charge in [-0.3, -0.25) is 18.9 Å². The van der Waals surface area contributed by atoms with E-state index in [1.165, 1.54) is 117 Å². The van der Waals surface area contributed by atoms with Crippen molar-refractivity contribution < 1.29 is 98.0 Å². The Morgan fingerprint density at radius 1 is 0.385 bits per heavy atom. The van der Waals surface area contributed by atoms with E-state index in [1.54, 1.807) is 66.7 Å². The lowest BCUT2D eigenvalue weighted by Crippen LogP contribution is -2.16. The van der Waals surface area contributed by atoms with E-state index in [0.717, 1.165) is 48.5 Å². The highest BCUT2D eigenvalue weighted by Gasteiger charge is 2.29. The van der Waals surface area contributed by atoms with Crippen molar-refractivity contribution in [1.82, 2.24) is 78.3 Å². The predicted molar refractivity (Wildman–Crippen MR) is 453 cm³/mol. The van der Waals surface area contributed by atoms with Gasteiger partial charge in [0.15, 0.2) is 22.6 Å². The van der Waals surface area contributed by atoms with Crippen LogP contribution >= 0.6 is 0 Å². The van der Waals surface area contributed by atoms with Crippen LogP contribution in [0.5, 0.6) is 23.5 Å². The van der Waals surface area contributed by atoms with Gasteiger partial charge in [0.2, 0.25) is 23.5 Å². The van der Waals surface area contributed by atoms with Crippen molar-refractivity contribution in [2.24, 2.45) is 0 Å². The molecule has 0 saturated heterocycles. The third-order valence-corrected chi connectivity index (χ3v) is 23.3. The molecular formula is C84H60F8N20O14S4. The van der Waals surface area contributed by atoms with Crippen LogP contribution in [0.3, 0.4) is 0 Å². The fourth-order valence-corrected chi connectivity index (χ4v) is 16.3. The summed E-state index contributed by atoms with van der Waals surface area (Å²) >= 11 is 0. The van der Waals surface area contributed by atoms with E-state index in [1.807, 2.05) is 0 Å². The van der Waals surface area contributed by atoms with E-state index >= 15 is 0 Å². The number of aromatic nitrogens is 16. The van der Waals surface area contributed by atoms with Gasteiger partial charge in [-0.05, 0) is 111 Å². The van der Waals surface area contributed by atoms with Crippen LogP contribution in [0.25, 0.3) is 67.6 Å². The molecule has 4 aromatic carbocycles. The average Bonchev–Trinajstić information content (AvgIpc) is 1.30. The molecule has 0 spiro atoms. The molecule has 1 unspecified atom stereocenters. The second-order valence-electron chi connectivity index (χ2n) is 26.3. The largest absolute Gasteiger partial charge is 0.480 e. The molecule has 0 aliphatic rings. The third kappa shape index (κ3) is 20.6. The topological polar surface area (TPSA) is 434 Å². The highest BCUT2D eigenvalue weighted by atomic mass is 32.2. The number of terminal acetylenes is 1. The van der Waals surface area contributed by atoms with Gasteiger partial charge in [-0.2, -0.15) is 20.4 Å². The van der Waals surface area contributed by atoms with Crippen molar-refractivity contribution >= 4 is 85.4 Å². The van der Waals surface area contributed by atoms with E-state index < -0.39 is 112 Å². The predicted octanol–water partition coefficient (Wildman–Crippen LogP) is 10.9. The minimum absolute atomic E-state index is 0.0391. The van der Waals surface area contributed by atoms with Gasteiger partial charge in [0.25, 0.3) is 40.1 Å². The SMILES string of the molecule is C#Cc1cnn2ccc(-c3cnc(OC)c(NS(=O)(=O)c4ccc(F)cc4F)c3)nc12.CC#Cc1cnn2ccc(-c3cnc(OC)c(NS(=O)(=O)c4ccc(F)cc4F)c3)nc12.COc1ncc(-c2ccn3ncc(C#CC(C)O)c3n2)cc1NS(=O)(=O)c1ccc(F)cc1F.COc1ncc(-c2ccn3ncc(C#CCO)c3n2)cc1NS(=O)(=O)c1ccc(F)cc1F. The molecule has 0 amide bonds. The van der Waals surface area contributed by atoms with E-state index in [9.17, 15) is 73.9 Å². The van der Waals surface area contributed by atoms with Gasteiger partial charge in [0.1, 0.15) is 102 Å². The van der Waals surface area contributed by atoms with Crippen molar-refractivity contribution in [3.8, 4) is 116 Å². The summed E-state index contributed by atoms with van der Waals surface area (Å²) in [7, 11) is -12.5. The first-order valence-corrected chi connectivity index (χ1v) is 42.7. The van der Waals surface area contributed by atoms with Gasteiger partial charge in [0.05, 0.1) is 98.3 Å². The molecule has 16 rings (SSSR count). The molecule has 0 radical (unpaired) electrons. The Bertz CT molecular complexity index is 7890. The van der Waals surface area contributed by atoms with E-state index in [0.29, 0.717) is 114 Å². The van der Waals surface area contributed by atoms with Crippen LogP contribution in [-0.2, 0) is 40.1 Å². The number of rotatable bonds is 20. The minimum Gasteiger partial charge on any atom is -0.480 e. The van der Waals surface area contributed by atoms with Crippen molar-refractivity contribution in [2.75, 3.05) is 53.9 Å². The van der Waals surface area contributed by atoms with Crippen LogP contribution in [0.1, 0.15) is 36.1 Å². The van der Waals surface area contributed by atoms with Gasteiger partial charge in [-0.15, -0.1) is 12.3 Å². The fourth-order valence-electron chi connectivity index (χ4n) is 11.8. The lowest BCUT2D eigenvalue weighted by molar-refractivity contribution is 0.253. The van der Waals surface area contributed by atoms with Crippen LogP contribution in [0.4, 0.5) is 57.9 Å². The first kappa shape index (κ1) is 91.5. The van der Waals surface area contributed by atoms with E-state index in [4.69, 9.17) is 30.5 Å². The molecule has 12 heterocycles. The van der Waals surface area contributed by atoms with Gasteiger partial charge >= 0.3 is 0 Å². The maximum atomic E-state index is 14.1. The summed E-state index contributed by atoms with van der Waals surface area (Å²) in [5.74, 6) is 10.1. The summed E-state index contributed by atoms with van der Waals surface area (Å²) in [6.07, 6.45) is 23.0. The number of nitrogens with zero attached hydrogens (tertiary/aromatic N) is 16. The molecule has 6 N–H and O–H groups in total. The number of ether oxygens (including phenoxy) is 4. The molecule has 0 aliphatic carbocycles. The summed E-state index contributed by atoms with van der Waals surface area (Å²) in [5, 5.41) is 34.9. The van der Waals surface area contributed by atoms with Gasteiger partial charge in [-0.25, -0.2) is 127 Å². The molecule has 0 saturated carbocycles. The summed E-state index contributed by atoms with van der Waals surface area (Å²) < 4.78 is 246. The smallest absolute Gasteiger partial charge is 0.264 e. The average molecular weight is 1850 g/mol. The normalized spacial score (nSPS) is 11.4. The lowest BCUT2D eigenvalue weighted by atomic mass is 10.2. The number of hydrogen-bond acceptors (Lipinski definition) is 26. The zero-order valence-corrected chi connectivity index (χ0v) is 70.7. The highest BCUT2D eigenvalue weighted by Crippen LogP contribution is 2.37. The standard InChI is InChI=1S/C22H17F2N5O4S.C21H15F2N5O4S.C21H15F2N5O3S.C20H13F2N5O3S/c1-13(30)3-4-14-12-26-29-8-7-18(27-21(14)29)15-9-19(22(33-2)25-11-15)28-34(31,32)20-6-5-16(23)10-17(20)24;1-32-21-18(27-33(30,31)19-5-4-15(22)10-16(19)23)9-14(11-24-21)17-6-7-28-20(26-17)13(12-25-28)3-2-8-29;1-3-4-13-12-25-28-8-7-17(26-20(13)28)14-9-18(21(31-2)24-11-14)27-32(29,30)19-6-5-15(22)10-16(19)23;1-3-12-11-24-27-7-6-16(25-19(12)27)13-8-17(20(30-2)23-10-13)26-31(28,29)18-5-4-14(21)9-15(18)22/h5-13,28,30H,1-2H3;4-7,9-12,27,29H,8H2,1H3;5-12,27H,1-2H3;1,4-11,26H,2H3. The molecule has 46 heteroatoms. The van der Waals surface area contributed by atoms with E-state index in [-0.39, 0.29) is 52.9 Å². The zero-order valence-electron chi connectivity index (χ0n) is 67.4. The summed E-state index contributed by atoms with van der Waals surface area (Å²) in [4.78, 5) is 31.5. The molecule has 0 aliphatic heterocycles. The Labute approximate surface area is 732 Å². The second kappa shape index (κ2) is 38.7. The number of pyridine rings is 4. The fraction of sp³-hybridized carbons (Fsp3) is 0.0952. The molecule has 16 aromatic rings. The molecule has 12 aromatic heterocycles. The molecule has 34 nitrogen and oxygen atoms in total. The number of benzene rings is 4. The van der Waals surface area contributed by atoms with Gasteiger partial charge in [0, 0.05) is 96.1 Å². The van der Waals surface area contributed by atoms with E-state index in [2.05, 4.69) is 121 Å². The van der Waals surface area contributed by atoms with Crippen LogP contribution in [0.2, 0.25) is 0 Å². The first-order valence-electron chi connectivity index (χ1n) is 36.8. The quantitative estimate of drug-likeness (QED) is 0.0305. The number of halogens is 8. The van der Waals surface area contributed by atoms with Crippen molar-refractivity contribution in [3.63, 3.8) is 0 Å². The van der Waals surface area contributed by atoms with Crippen LogP contribution in [0.15, 0.2) is 215 Å². The number of methoxy groups -OCH3 is 4. The molecule has 660 valence electrons. The molecule has 130 heavy (non-hydrogen) atoms. The zero-order chi connectivity index (χ0) is 93.1. The molecule has 0 bridgehead atoms. The maximum absolute atomic E-state index is 14.1. The molecular weight excluding hydrogens is 1790 g/mol. The Morgan fingerprint density at radius 2 is 0.646 bits per heavy atom. The first-order chi connectivity index (χ1) is 62.1. The van der Waals surface area contributed by atoms with Gasteiger partial charge in [-0.1, -0.05) is 35.5 Å². The van der Waals surface area contributed by atoms with Crippen LogP contribution in [-0.4, -0.2) is 163 Å². The minimum atomic E-state index is -4.43. The number of fused-ring (bicyclic) bond motifs is 4.